The fraction of sp³-hybridized carbons (Fsp3) is 0.500. The van der Waals surface area contributed by atoms with Gasteiger partial charge in [-0.2, -0.15) is 16.9 Å². The number of benzene rings is 1. The van der Waals surface area contributed by atoms with Gasteiger partial charge in [0.15, 0.2) is 21.3 Å². The quantitative estimate of drug-likeness (QED) is 0.691. The number of nitrogens with one attached hydrogen (secondary N) is 1. The van der Waals surface area contributed by atoms with E-state index in [4.69, 9.17) is 9.47 Å². The first-order valence-corrected chi connectivity index (χ1v) is 13.0. The van der Waals surface area contributed by atoms with Gasteiger partial charge in [0.1, 0.15) is 5.82 Å². The maximum atomic E-state index is 13.1. The standard InChI is InChI=1S/C20H25N3O5S2/c1-3-27-17-6-5-13(9-18(17)28-4-2)20(24)21-19-15-10-29-11-16(15)22-23(19)14-7-8-30(25,26)12-14/h5-6,9,14H,3-4,7-8,10-12H2,1-2H3,(H,21,24). The van der Waals surface area contributed by atoms with E-state index < -0.39 is 9.84 Å². The van der Waals surface area contributed by atoms with Crippen LogP contribution in [0.4, 0.5) is 5.82 Å². The van der Waals surface area contributed by atoms with E-state index in [-0.39, 0.29) is 23.5 Å². The maximum absolute atomic E-state index is 13.1. The molecule has 10 heteroatoms. The SMILES string of the molecule is CCOc1ccc(C(=O)Nc2c3c(nn2C2CCS(=O)(=O)C2)CSC3)cc1OCC. The molecule has 4 rings (SSSR count). The van der Waals surface area contributed by atoms with Crippen LogP contribution in [-0.4, -0.2) is 48.8 Å². The van der Waals surface area contributed by atoms with E-state index in [0.29, 0.717) is 42.5 Å². The molecule has 2 aromatic rings. The highest BCUT2D eigenvalue weighted by Gasteiger charge is 2.34. The van der Waals surface area contributed by atoms with Crippen molar-refractivity contribution < 1.29 is 22.7 Å². The summed E-state index contributed by atoms with van der Waals surface area (Å²) in [5.41, 5.74) is 2.34. The number of fused-ring (bicyclic) bond motifs is 1. The van der Waals surface area contributed by atoms with Crippen molar-refractivity contribution in [1.82, 2.24) is 9.78 Å². The number of carbonyl (C=O) groups excluding carboxylic acids is 1. The molecule has 1 aromatic heterocycles. The molecule has 1 unspecified atom stereocenters. The number of carbonyl (C=O) groups is 1. The Morgan fingerprint density at radius 1 is 1.23 bits per heavy atom. The Bertz CT molecular complexity index is 1060. The van der Waals surface area contributed by atoms with Crippen molar-refractivity contribution in [1.29, 1.82) is 0 Å². The van der Waals surface area contributed by atoms with E-state index in [1.165, 1.54) is 0 Å². The summed E-state index contributed by atoms with van der Waals surface area (Å²) < 4.78 is 36.8. The molecule has 8 nitrogen and oxygen atoms in total. The number of rotatable bonds is 7. The molecule has 2 aliphatic heterocycles. The maximum Gasteiger partial charge on any atom is 0.256 e. The van der Waals surface area contributed by atoms with Gasteiger partial charge in [0.05, 0.1) is 36.5 Å². The van der Waals surface area contributed by atoms with E-state index in [0.717, 1.165) is 22.8 Å². The largest absolute Gasteiger partial charge is 0.490 e. The lowest BCUT2D eigenvalue weighted by Gasteiger charge is -2.16. The number of thioether (sulfide) groups is 1. The first kappa shape index (κ1) is 21.0. The lowest BCUT2D eigenvalue weighted by Crippen LogP contribution is -2.20. The van der Waals surface area contributed by atoms with Crippen LogP contribution in [-0.2, 0) is 21.3 Å². The highest BCUT2D eigenvalue weighted by atomic mass is 32.2. The Kier molecular flexibility index (Phi) is 5.97. The number of sulfone groups is 1. The third-order valence-electron chi connectivity index (χ3n) is 5.17. The van der Waals surface area contributed by atoms with Crippen molar-refractivity contribution in [2.24, 2.45) is 0 Å². The zero-order valence-electron chi connectivity index (χ0n) is 17.0. The Morgan fingerprint density at radius 3 is 2.70 bits per heavy atom. The molecule has 1 amide bonds. The number of amides is 1. The molecule has 1 fully saturated rings. The molecule has 30 heavy (non-hydrogen) atoms. The Balaban J connectivity index is 1.63. The van der Waals surface area contributed by atoms with Crippen LogP contribution in [0.1, 0.15) is 47.9 Å². The zero-order valence-corrected chi connectivity index (χ0v) is 18.6. The number of nitrogens with zero attached hydrogens (tertiary/aromatic N) is 2. The van der Waals surface area contributed by atoms with Gasteiger partial charge in [-0.3, -0.25) is 4.79 Å². The molecular formula is C20H25N3O5S2. The van der Waals surface area contributed by atoms with Crippen molar-refractivity contribution in [3.05, 3.63) is 35.0 Å². The van der Waals surface area contributed by atoms with Gasteiger partial charge >= 0.3 is 0 Å². The van der Waals surface area contributed by atoms with Crippen LogP contribution in [0.5, 0.6) is 11.5 Å². The molecular weight excluding hydrogens is 426 g/mol. The van der Waals surface area contributed by atoms with Gasteiger partial charge in [0, 0.05) is 22.6 Å². The summed E-state index contributed by atoms with van der Waals surface area (Å²) in [6, 6.07) is 4.84. The van der Waals surface area contributed by atoms with Crippen LogP contribution < -0.4 is 14.8 Å². The summed E-state index contributed by atoms with van der Waals surface area (Å²) in [5.74, 6) is 3.15. The molecule has 1 saturated heterocycles. The lowest BCUT2D eigenvalue weighted by atomic mass is 10.1. The second kappa shape index (κ2) is 8.50. The topological polar surface area (TPSA) is 99.5 Å². The van der Waals surface area contributed by atoms with Crippen molar-refractivity contribution in [3.63, 3.8) is 0 Å². The fourth-order valence-corrected chi connectivity index (χ4v) is 6.50. The average Bonchev–Trinajstić information content (AvgIpc) is 3.39. The number of aromatic nitrogens is 2. The molecule has 2 aliphatic rings. The molecule has 1 aromatic carbocycles. The third-order valence-corrected chi connectivity index (χ3v) is 7.89. The summed E-state index contributed by atoms with van der Waals surface area (Å²) in [7, 11) is -3.06. The number of anilines is 1. The van der Waals surface area contributed by atoms with Crippen molar-refractivity contribution in [2.75, 3.05) is 30.0 Å². The summed E-state index contributed by atoms with van der Waals surface area (Å²) in [6.45, 7) is 4.72. The highest BCUT2D eigenvalue weighted by molar-refractivity contribution is 7.98. The molecule has 162 valence electrons. The Hall–Kier alpha value is -2.20. The van der Waals surface area contributed by atoms with Crippen LogP contribution in [0.25, 0.3) is 0 Å². The molecule has 0 aliphatic carbocycles. The molecule has 0 spiro atoms. The minimum absolute atomic E-state index is 0.0567. The molecule has 1 atom stereocenters. The first-order chi connectivity index (χ1) is 14.4. The van der Waals surface area contributed by atoms with Crippen molar-refractivity contribution in [3.8, 4) is 11.5 Å². The smallest absolute Gasteiger partial charge is 0.256 e. The summed E-state index contributed by atoms with van der Waals surface area (Å²) in [6.07, 6.45) is 0.510. The van der Waals surface area contributed by atoms with E-state index in [2.05, 4.69) is 10.4 Å². The molecule has 3 heterocycles. The van der Waals surface area contributed by atoms with Crippen LogP contribution in [0.3, 0.4) is 0 Å². The monoisotopic (exact) mass is 451 g/mol. The predicted molar refractivity (Wildman–Crippen MR) is 116 cm³/mol. The van der Waals surface area contributed by atoms with E-state index in [9.17, 15) is 13.2 Å². The van der Waals surface area contributed by atoms with Gasteiger partial charge in [-0.1, -0.05) is 0 Å². The summed E-state index contributed by atoms with van der Waals surface area (Å²) >= 11 is 1.73. The van der Waals surface area contributed by atoms with E-state index in [1.54, 1.807) is 34.6 Å². The van der Waals surface area contributed by atoms with Gasteiger partial charge in [-0.15, -0.1) is 0 Å². The van der Waals surface area contributed by atoms with Gasteiger partial charge in [0.25, 0.3) is 5.91 Å². The lowest BCUT2D eigenvalue weighted by molar-refractivity contribution is 0.102. The second-order valence-corrected chi connectivity index (χ2v) is 10.5. The molecule has 0 bridgehead atoms. The van der Waals surface area contributed by atoms with E-state index >= 15 is 0 Å². The summed E-state index contributed by atoms with van der Waals surface area (Å²) in [4.78, 5) is 13.1. The van der Waals surface area contributed by atoms with Crippen LogP contribution >= 0.6 is 11.8 Å². The fourth-order valence-electron chi connectivity index (χ4n) is 3.77. The van der Waals surface area contributed by atoms with Crippen molar-refractivity contribution in [2.45, 2.75) is 37.8 Å². The first-order valence-electron chi connectivity index (χ1n) is 10.0. The van der Waals surface area contributed by atoms with Gasteiger partial charge in [0.2, 0.25) is 0 Å². The van der Waals surface area contributed by atoms with Gasteiger partial charge in [-0.25, -0.2) is 13.1 Å². The van der Waals surface area contributed by atoms with Crippen LogP contribution in [0.15, 0.2) is 18.2 Å². The second-order valence-electron chi connectivity index (χ2n) is 7.25. The number of ether oxygens (including phenoxy) is 2. The average molecular weight is 452 g/mol. The van der Waals surface area contributed by atoms with Crippen molar-refractivity contribution >= 4 is 33.3 Å². The highest BCUT2D eigenvalue weighted by Crippen LogP contribution is 2.38. The minimum Gasteiger partial charge on any atom is -0.490 e. The van der Waals surface area contributed by atoms with Gasteiger partial charge < -0.3 is 14.8 Å². The third kappa shape index (κ3) is 4.15. The predicted octanol–water partition coefficient (Wildman–Crippen LogP) is 3.04. The zero-order chi connectivity index (χ0) is 21.3. The Labute approximate surface area is 180 Å². The summed E-state index contributed by atoms with van der Waals surface area (Å²) in [5, 5.41) is 7.63. The molecule has 1 N–H and O–H groups in total. The number of hydrogen-bond donors (Lipinski definition) is 1. The molecule has 0 saturated carbocycles. The normalized spacial score (nSPS) is 19.5. The van der Waals surface area contributed by atoms with Crippen LogP contribution in [0, 0.1) is 0 Å². The van der Waals surface area contributed by atoms with Gasteiger partial charge in [-0.05, 0) is 38.5 Å². The Morgan fingerprint density at radius 2 is 2.00 bits per heavy atom. The van der Waals surface area contributed by atoms with Crippen LogP contribution in [0.2, 0.25) is 0 Å². The van der Waals surface area contributed by atoms with E-state index in [1.807, 2.05) is 13.8 Å². The minimum atomic E-state index is -3.06. The number of hydrogen-bond acceptors (Lipinski definition) is 7. The molecule has 0 radical (unpaired) electrons.